The molecule has 3 rings (SSSR count). The van der Waals surface area contributed by atoms with E-state index in [0.29, 0.717) is 5.69 Å². The Labute approximate surface area is 211 Å². The molecule has 9 heteroatoms. The minimum atomic E-state index is -4.04. The summed E-state index contributed by atoms with van der Waals surface area (Å²) in [6.07, 6.45) is 1.41. The first-order chi connectivity index (χ1) is 17.1. The number of rotatable bonds is 11. The van der Waals surface area contributed by atoms with Crippen LogP contribution in [0.25, 0.3) is 10.9 Å². The number of nitrogens with zero attached hydrogens (tertiary/aromatic N) is 1. The summed E-state index contributed by atoms with van der Waals surface area (Å²) < 4.78 is 33.9. The van der Waals surface area contributed by atoms with E-state index in [-0.39, 0.29) is 23.8 Å². The van der Waals surface area contributed by atoms with Crippen LogP contribution in [-0.2, 0) is 30.8 Å². The summed E-state index contributed by atoms with van der Waals surface area (Å²) >= 11 is 0. The molecule has 0 saturated heterocycles. The van der Waals surface area contributed by atoms with Crippen molar-refractivity contribution in [3.63, 3.8) is 0 Å². The Kier molecular flexibility index (Phi) is 8.95. The van der Waals surface area contributed by atoms with Gasteiger partial charge in [-0.1, -0.05) is 68.5 Å². The van der Waals surface area contributed by atoms with Crippen LogP contribution in [0.4, 0.5) is 0 Å². The average Bonchev–Trinajstić information content (AvgIpc) is 2.85. The maximum absolute atomic E-state index is 13.4. The number of fused-ring (bicyclic) bond motifs is 1. The van der Waals surface area contributed by atoms with Crippen LogP contribution in [0.2, 0.25) is 0 Å². The SMILES string of the molecule is C=CCOC(=O)[C@@H](NC(=O)[C@H](Cc1ccc2ccccc2n1)NS(=O)(=O)c1ccc(C)cc1)C(C)C. The Bertz CT molecular complexity index is 1340. The fourth-order valence-corrected chi connectivity index (χ4v) is 4.77. The zero-order chi connectivity index (χ0) is 26.3. The van der Waals surface area contributed by atoms with Crippen molar-refractivity contribution in [2.75, 3.05) is 6.61 Å². The number of ether oxygens (including phenoxy) is 1. The summed E-state index contributed by atoms with van der Waals surface area (Å²) in [7, 11) is -4.04. The van der Waals surface area contributed by atoms with E-state index >= 15 is 0 Å². The zero-order valence-electron chi connectivity index (χ0n) is 20.6. The summed E-state index contributed by atoms with van der Waals surface area (Å²) in [6, 6.07) is 15.2. The molecule has 0 saturated carbocycles. The van der Waals surface area contributed by atoms with Gasteiger partial charge in [0.05, 0.1) is 10.4 Å². The number of sulfonamides is 1. The van der Waals surface area contributed by atoms with E-state index in [2.05, 4.69) is 21.6 Å². The molecule has 1 heterocycles. The lowest BCUT2D eigenvalue weighted by Crippen LogP contribution is -2.54. The fraction of sp³-hybridized carbons (Fsp3) is 0.296. The van der Waals surface area contributed by atoms with Crippen LogP contribution in [-0.4, -0.2) is 44.0 Å². The second-order valence-corrected chi connectivity index (χ2v) is 10.5. The van der Waals surface area contributed by atoms with Gasteiger partial charge in [-0.25, -0.2) is 13.2 Å². The molecular weight excluding hydrogens is 478 g/mol. The van der Waals surface area contributed by atoms with E-state index in [9.17, 15) is 18.0 Å². The standard InChI is InChI=1S/C27H31N3O5S/c1-5-16-35-27(32)25(18(2)3)29-26(31)24(30-36(33,34)22-14-10-19(4)11-15-22)17-21-13-12-20-8-6-7-9-23(20)28-21/h5-15,18,24-25,30H,1,16-17H2,2-4H3,(H,29,31)/t24-,25-/m0/s1. The first kappa shape index (κ1) is 27.0. The molecule has 0 aliphatic carbocycles. The van der Waals surface area contributed by atoms with Gasteiger partial charge in [0, 0.05) is 17.5 Å². The van der Waals surface area contributed by atoms with Gasteiger partial charge in [-0.3, -0.25) is 9.78 Å². The molecule has 0 spiro atoms. The third-order valence-corrected chi connectivity index (χ3v) is 7.06. The third-order valence-electron chi connectivity index (χ3n) is 5.58. The van der Waals surface area contributed by atoms with Crippen molar-refractivity contribution in [1.29, 1.82) is 0 Å². The maximum atomic E-state index is 13.4. The topological polar surface area (TPSA) is 114 Å². The van der Waals surface area contributed by atoms with Crippen molar-refractivity contribution in [3.05, 3.63) is 84.6 Å². The van der Waals surface area contributed by atoms with Crippen LogP contribution in [0.5, 0.6) is 0 Å². The van der Waals surface area contributed by atoms with Crippen LogP contribution in [0.3, 0.4) is 0 Å². The highest BCUT2D eigenvalue weighted by Gasteiger charge is 2.32. The van der Waals surface area contributed by atoms with Crippen molar-refractivity contribution < 1.29 is 22.7 Å². The number of pyridine rings is 1. The normalized spacial score (nSPS) is 13.2. The van der Waals surface area contributed by atoms with E-state index in [0.717, 1.165) is 16.5 Å². The number of para-hydroxylation sites is 1. The van der Waals surface area contributed by atoms with Gasteiger partial charge in [0.1, 0.15) is 18.7 Å². The highest BCUT2D eigenvalue weighted by Crippen LogP contribution is 2.16. The smallest absolute Gasteiger partial charge is 0.329 e. The molecule has 8 nitrogen and oxygen atoms in total. The molecule has 0 fully saturated rings. The Balaban J connectivity index is 1.91. The summed E-state index contributed by atoms with van der Waals surface area (Å²) in [5.41, 5.74) is 2.15. The summed E-state index contributed by atoms with van der Waals surface area (Å²) in [5.74, 6) is -1.57. The highest BCUT2D eigenvalue weighted by molar-refractivity contribution is 7.89. The molecular formula is C27H31N3O5S. The minimum absolute atomic E-state index is 0.00240. The minimum Gasteiger partial charge on any atom is -0.460 e. The van der Waals surface area contributed by atoms with Gasteiger partial charge in [-0.15, -0.1) is 0 Å². The van der Waals surface area contributed by atoms with Crippen LogP contribution in [0.1, 0.15) is 25.1 Å². The Morgan fingerprint density at radius 3 is 2.42 bits per heavy atom. The molecule has 36 heavy (non-hydrogen) atoms. The van der Waals surface area contributed by atoms with Crippen molar-refractivity contribution >= 4 is 32.8 Å². The van der Waals surface area contributed by atoms with Gasteiger partial charge in [-0.2, -0.15) is 4.72 Å². The van der Waals surface area contributed by atoms with Crippen molar-refractivity contribution in [2.24, 2.45) is 5.92 Å². The molecule has 0 radical (unpaired) electrons. The van der Waals surface area contributed by atoms with Crippen molar-refractivity contribution in [2.45, 2.75) is 44.2 Å². The number of hydrogen-bond donors (Lipinski definition) is 2. The van der Waals surface area contributed by atoms with E-state index in [1.54, 1.807) is 32.0 Å². The molecule has 1 aromatic heterocycles. The molecule has 0 aliphatic rings. The number of carbonyl (C=O) groups excluding carboxylic acids is 2. The van der Waals surface area contributed by atoms with E-state index in [1.807, 2.05) is 37.3 Å². The molecule has 1 amide bonds. The number of nitrogens with one attached hydrogen (secondary N) is 2. The van der Waals surface area contributed by atoms with Crippen LogP contribution >= 0.6 is 0 Å². The number of carbonyl (C=O) groups is 2. The summed E-state index contributed by atoms with van der Waals surface area (Å²) in [5, 5.41) is 3.59. The predicted molar refractivity (Wildman–Crippen MR) is 139 cm³/mol. The number of aryl methyl sites for hydroxylation is 1. The van der Waals surface area contributed by atoms with Gasteiger partial charge in [0.2, 0.25) is 15.9 Å². The number of aromatic nitrogens is 1. The average molecular weight is 510 g/mol. The lowest BCUT2D eigenvalue weighted by Gasteiger charge is -2.24. The number of benzene rings is 2. The number of amides is 1. The number of esters is 1. The lowest BCUT2D eigenvalue weighted by molar-refractivity contribution is -0.148. The third kappa shape index (κ3) is 6.99. The van der Waals surface area contributed by atoms with Crippen LogP contribution in [0.15, 0.2) is 78.2 Å². The highest BCUT2D eigenvalue weighted by atomic mass is 32.2. The van der Waals surface area contributed by atoms with Crippen molar-refractivity contribution in [3.8, 4) is 0 Å². The predicted octanol–water partition coefficient (Wildman–Crippen LogP) is 3.30. The van der Waals surface area contributed by atoms with E-state index in [4.69, 9.17) is 4.74 Å². The second-order valence-electron chi connectivity index (χ2n) is 8.84. The first-order valence-electron chi connectivity index (χ1n) is 11.6. The molecule has 0 unspecified atom stereocenters. The Morgan fingerprint density at radius 1 is 1.06 bits per heavy atom. The van der Waals surface area contributed by atoms with Gasteiger partial charge in [-0.05, 0) is 37.1 Å². The largest absolute Gasteiger partial charge is 0.460 e. The van der Waals surface area contributed by atoms with E-state index < -0.39 is 34.0 Å². The zero-order valence-corrected chi connectivity index (χ0v) is 21.4. The maximum Gasteiger partial charge on any atom is 0.329 e. The molecule has 2 N–H and O–H groups in total. The van der Waals surface area contributed by atoms with Gasteiger partial charge in [0.25, 0.3) is 0 Å². The Morgan fingerprint density at radius 2 is 1.75 bits per heavy atom. The van der Waals surface area contributed by atoms with Crippen LogP contribution < -0.4 is 10.0 Å². The van der Waals surface area contributed by atoms with Crippen molar-refractivity contribution in [1.82, 2.24) is 15.0 Å². The molecule has 3 aromatic rings. The lowest BCUT2D eigenvalue weighted by atomic mass is 10.0. The summed E-state index contributed by atoms with van der Waals surface area (Å²) in [6.45, 7) is 8.89. The molecule has 2 atom stereocenters. The van der Waals surface area contributed by atoms with Gasteiger partial charge < -0.3 is 10.1 Å². The quantitative estimate of drug-likeness (QED) is 0.303. The monoisotopic (exact) mass is 509 g/mol. The van der Waals surface area contributed by atoms with Gasteiger partial charge >= 0.3 is 5.97 Å². The molecule has 0 bridgehead atoms. The fourth-order valence-electron chi connectivity index (χ4n) is 3.57. The first-order valence-corrected chi connectivity index (χ1v) is 13.1. The molecule has 190 valence electrons. The van der Waals surface area contributed by atoms with E-state index in [1.165, 1.54) is 18.2 Å². The number of hydrogen-bond acceptors (Lipinski definition) is 6. The Hall–Kier alpha value is -3.56. The second kappa shape index (κ2) is 11.9. The van der Waals surface area contributed by atoms with Crippen LogP contribution in [0, 0.1) is 12.8 Å². The molecule has 0 aliphatic heterocycles. The molecule has 2 aromatic carbocycles. The van der Waals surface area contributed by atoms with Gasteiger partial charge in [0.15, 0.2) is 0 Å². The summed E-state index contributed by atoms with van der Waals surface area (Å²) in [4.78, 5) is 30.5.